The van der Waals surface area contributed by atoms with E-state index in [1.807, 2.05) is 0 Å². The second-order valence-corrected chi connectivity index (χ2v) is 6.00. The summed E-state index contributed by atoms with van der Waals surface area (Å²) in [4.78, 5) is 11.8. The van der Waals surface area contributed by atoms with Crippen LogP contribution in [0, 0.1) is 11.6 Å². The maximum absolute atomic E-state index is 13.9. The predicted molar refractivity (Wildman–Crippen MR) is 82.3 cm³/mol. The molecular formula is C17H18F2N2O3. The number of benzene rings is 1. The van der Waals surface area contributed by atoms with Gasteiger partial charge >= 0.3 is 6.03 Å². The van der Waals surface area contributed by atoms with E-state index < -0.39 is 29.2 Å². The molecule has 1 unspecified atom stereocenters. The topological polar surface area (TPSA) is 74.5 Å². The molecule has 1 saturated carbocycles. The van der Waals surface area contributed by atoms with E-state index in [-0.39, 0.29) is 13.1 Å². The lowest BCUT2D eigenvalue weighted by Crippen LogP contribution is -2.41. The first kappa shape index (κ1) is 16.4. The van der Waals surface area contributed by atoms with E-state index >= 15 is 0 Å². The molecule has 24 heavy (non-hydrogen) atoms. The van der Waals surface area contributed by atoms with Crippen molar-refractivity contribution in [3.05, 3.63) is 59.6 Å². The first-order chi connectivity index (χ1) is 11.5. The van der Waals surface area contributed by atoms with Gasteiger partial charge in [-0.1, -0.05) is 6.07 Å². The van der Waals surface area contributed by atoms with Crippen molar-refractivity contribution >= 4 is 6.03 Å². The Morgan fingerprint density at radius 2 is 2.08 bits per heavy atom. The fourth-order valence-electron chi connectivity index (χ4n) is 2.69. The van der Waals surface area contributed by atoms with E-state index in [1.54, 1.807) is 12.1 Å². The molecule has 0 spiro atoms. The lowest BCUT2D eigenvalue weighted by Gasteiger charge is -2.18. The maximum atomic E-state index is 13.9. The Labute approximate surface area is 137 Å². The summed E-state index contributed by atoms with van der Waals surface area (Å²) in [6, 6.07) is 6.30. The third kappa shape index (κ3) is 3.56. The highest BCUT2D eigenvalue weighted by atomic mass is 19.1. The molecule has 5 nitrogen and oxygen atoms in total. The van der Waals surface area contributed by atoms with Gasteiger partial charge in [0.2, 0.25) is 0 Å². The molecule has 128 valence electrons. The largest absolute Gasteiger partial charge is 0.467 e. The third-order valence-corrected chi connectivity index (χ3v) is 4.27. The molecule has 1 aromatic heterocycles. The number of amides is 2. The second kappa shape index (κ2) is 6.60. The van der Waals surface area contributed by atoms with Gasteiger partial charge in [-0.05, 0) is 36.6 Å². The number of hydrogen-bond acceptors (Lipinski definition) is 3. The number of carbonyl (C=O) groups excluding carboxylic acids is 1. The van der Waals surface area contributed by atoms with Gasteiger partial charge in [-0.15, -0.1) is 0 Å². The first-order valence-corrected chi connectivity index (χ1v) is 7.69. The van der Waals surface area contributed by atoms with Crippen molar-refractivity contribution in [2.45, 2.75) is 24.4 Å². The molecule has 1 aliphatic rings. The molecule has 1 heterocycles. The van der Waals surface area contributed by atoms with Crippen molar-refractivity contribution in [3.63, 3.8) is 0 Å². The first-order valence-electron chi connectivity index (χ1n) is 7.69. The normalized spacial score (nSPS) is 16.5. The minimum absolute atomic E-state index is 0.00272. The number of carbonyl (C=O) groups is 1. The smallest absolute Gasteiger partial charge is 0.314 e. The van der Waals surface area contributed by atoms with Gasteiger partial charge in [0.1, 0.15) is 23.5 Å². The molecule has 0 bridgehead atoms. The Hall–Kier alpha value is -2.41. The standard InChI is InChI=1S/C17H18F2N2O3/c18-11-3-4-12(13(19)8-11)17(5-6-17)10-21-16(23)20-9-14(22)15-2-1-7-24-15/h1-4,7-8,14,22H,5-6,9-10H2,(H2,20,21,23). The average Bonchev–Trinajstić information content (AvgIpc) is 3.12. The van der Waals surface area contributed by atoms with Gasteiger partial charge in [-0.25, -0.2) is 13.6 Å². The van der Waals surface area contributed by atoms with Crippen LogP contribution in [0.5, 0.6) is 0 Å². The van der Waals surface area contributed by atoms with Crippen molar-refractivity contribution in [1.29, 1.82) is 0 Å². The number of hydrogen-bond donors (Lipinski definition) is 3. The SMILES string of the molecule is O=C(NCC(O)c1ccco1)NCC1(c2ccc(F)cc2F)CC1. The van der Waals surface area contributed by atoms with Crippen molar-refractivity contribution in [1.82, 2.24) is 10.6 Å². The quantitative estimate of drug-likeness (QED) is 0.759. The van der Waals surface area contributed by atoms with Gasteiger partial charge in [0.15, 0.2) is 0 Å². The lowest BCUT2D eigenvalue weighted by atomic mass is 9.95. The molecular weight excluding hydrogens is 318 g/mol. The summed E-state index contributed by atoms with van der Waals surface area (Å²) < 4.78 is 32.0. The summed E-state index contributed by atoms with van der Waals surface area (Å²) >= 11 is 0. The van der Waals surface area contributed by atoms with Crippen LogP contribution >= 0.6 is 0 Å². The van der Waals surface area contributed by atoms with E-state index in [9.17, 15) is 18.7 Å². The summed E-state index contributed by atoms with van der Waals surface area (Å²) in [5, 5.41) is 15.0. The Balaban J connectivity index is 1.51. The van der Waals surface area contributed by atoms with Crippen LogP contribution in [0.25, 0.3) is 0 Å². The zero-order valence-electron chi connectivity index (χ0n) is 12.9. The van der Waals surface area contributed by atoms with Crippen molar-refractivity contribution < 1.29 is 23.1 Å². The fourth-order valence-corrected chi connectivity index (χ4v) is 2.69. The summed E-state index contributed by atoms with van der Waals surface area (Å²) in [6.45, 7) is 0.246. The molecule has 0 saturated heterocycles. The van der Waals surface area contributed by atoms with Gasteiger partial charge < -0.3 is 20.2 Å². The molecule has 1 aromatic carbocycles. The molecule has 2 amide bonds. The summed E-state index contributed by atoms with van der Waals surface area (Å²) in [5.41, 5.74) is -0.0609. The highest BCUT2D eigenvalue weighted by Gasteiger charge is 2.46. The molecule has 1 aliphatic carbocycles. The van der Waals surface area contributed by atoms with Gasteiger partial charge in [0.25, 0.3) is 0 Å². The van der Waals surface area contributed by atoms with E-state index in [1.165, 1.54) is 18.4 Å². The van der Waals surface area contributed by atoms with Crippen LogP contribution in [0.15, 0.2) is 41.0 Å². The molecule has 0 aliphatic heterocycles. The van der Waals surface area contributed by atoms with Crippen LogP contribution in [0.3, 0.4) is 0 Å². The van der Waals surface area contributed by atoms with Gasteiger partial charge in [-0.2, -0.15) is 0 Å². The molecule has 1 atom stereocenters. The minimum Gasteiger partial charge on any atom is -0.467 e. The molecule has 3 rings (SSSR count). The van der Waals surface area contributed by atoms with Crippen molar-refractivity contribution in [3.8, 4) is 0 Å². The van der Waals surface area contributed by atoms with E-state index in [4.69, 9.17) is 4.42 Å². The number of furan rings is 1. The van der Waals surface area contributed by atoms with Gasteiger partial charge in [-0.3, -0.25) is 0 Å². The number of halogens is 2. The number of nitrogens with one attached hydrogen (secondary N) is 2. The van der Waals surface area contributed by atoms with Crippen LogP contribution in [-0.2, 0) is 5.41 Å². The van der Waals surface area contributed by atoms with E-state index in [0.29, 0.717) is 11.3 Å². The predicted octanol–water partition coefficient (Wildman–Crippen LogP) is 2.62. The van der Waals surface area contributed by atoms with E-state index in [2.05, 4.69) is 10.6 Å². The van der Waals surface area contributed by atoms with Crippen molar-refractivity contribution in [2.75, 3.05) is 13.1 Å². The fraction of sp³-hybridized carbons (Fsp3) is 0.353. The van der Waals surface area contributed by atoms with Crippen LogP contribution in [-0.4, -0.2) is 24.2 Å². The maximum Gasteiger partial charge on any atom is 0.314 e. The van der Waals surface area contributed by atoms with Crippen LogP contribution in [0.1, 0.15) is 30.3 Å². The van der Waals surface area contributed by atoms with Crippen molar-refractivity contribution in [2.24, 2.45) is 0 Å². The number of aliphatic hydroxyl groups is 1. The highest BCUT2D eigenvalue weighted by molar-refractivity contribution is 5.74. The average molecular weight is 336 g/mol. The summed E-state index contributed by atoms with van der Waals surface area (Å²) in [5.74, 6) is -0.852. The zero-order chi connectivity index (χ0) is 17.2. The Kier molecular flexibility index (Phi) is 4.53. The van der Waals surface area contributed by atoms with Gasteiger partial charge in [0.05, 0.1) is 12.8 Å². The Morgan fingerprint density at radius 1 is 1.29 bits per heavy atom. The number of urea groups is 1. The number of rotatable bonds is 6. The molecule has 1 fully saturated rings. The molecule has 2 aromatic rings. The monoisotopic (exact) mass is 336 g/mol. The Bertz CT molecular complexity index is 715. The summed E-state index contributed by atoms with van der Waals surface area (Å²) in [7, 11) is 0. The Morgan fingerprint density at radius 3 is 2.71 bits per heavy atom. The second-order valence-electron chi connectivity index (χ2n) is 6.00. The lowest BCUT2D eigenvalue weighted by molar-refractivity contribution is 0.148. The van der Waals surface area contributed by atoms with Crippen LogP contribution in [0.2, 0.25) is 0 Å². The minimum atomic E-state index is -0.935. The molecule has 3 N–H and O–H groups in total. The highest BCUT2D eigenvalue weighted by Crippen LogP contribution is 2.48. The number of aliphatic hydroxyl groups excluding tert-OH is 1. The van der Waals surface area contributed by atoms with Crippen LogP contribution < -0.4 is 10.6 Å². The molecule has 7 heteroatoms. The zero-order valence-corrected chi connectivity index (χ0v) is 12.9. The molecule has 0 radical (unpaired) electrons. The van der Waals surface area contributed by atoms with Gasteiger partial charge in [0, 0.05) is 18.0 Å². The third-order valence-electron chi connectivity index (χ3n) is 4.27. The summed E-state index contributed by atoms with van der Waals surface area (Å²) in [6.07, 6.45) is 1.96. The van der Waals surface area contributed by atoms with Crippen LogP contribution in [0.4, 0.5) is 13.6 Å². The van der Waals surface area contributed by atoms with E-state index in [0.717, 1.165) is 18.9 Å².